The largest absolute Gasteiger partial charge is 2.00 e. The summed E-state index contributed by atoms with van der Waals surface area (Å²) in [7, 11) is 0. The summed E-state index contributed by atoms with van der Waals surface area (Å²) in [5.41, 5.74) is 0. The molecular formula is CuK2N6O12Sr. The van der Waals surface area contributed by atoms with Crippen LogP contribution in [0.4, 0.5) is 0 Å². The van der Waals surface area contributed by atoms with Gasteiger partial charge in [0.15, 0.2) is 0 Å². The van der Waals surface area contributed by atoms with Crippen molar-refractivity contribution in [2.75, 3.05) is 0 Å². The van der Waals surface area contributed by atoms with Crippen molar-refractivity contribution in [2.24, 2.45) is 32.0 Å². The zero-order valence-corrected chi connectivity index (χ0v) is 21.3. The molecule has 0 fully saturated rings. The van der Waals surface area contributed by atoms with Crippen LogP contribution in [-0.2, 0) is 17.1 Å². The summed E-state index contributed by atoms with van der Waals surface area (Å²) in [6.07, 6.45) is 0. The maximum Gasteiger partial charge on any atom is 2.00 e. The maximum atomic E-state index is 8.00. The second kappa shape index (κ2) is 181. The molecule has 0 saturated carbocycles. The number of rotatable bonds is 0. The molecule has 117 valence electrons. The normalized spacial score (nSPS) is 3.27. The van der Waals surface area contributed by atoms with E-state index in [1.807, 2.05) is 0 Å². The van der Waals surface area contributed by atoms with Crippen molar-refractivity contribution in [1.82, 2.24) is 0 Å². The van der Waals surface area contributed by atoms with E-state index in [0.29, 0.717) is 0 Å². The monoisotopic (exact) mass is 505 g/mol. The SMILES string of the molecule is O=N[O-].O=N[O-].O=N[O-].O=N[O-].O=N[O-].O=N[O-].[Cu+2].[K+].[K+].[Sr+2]. The summed E-state index contributed by atoms with van der Waals surface area (Å²) in [6, 6.07) is 0. The first-order chi connectivity index (χ1) is 8.49. The smallest absolute Gasteiger partial charge is 0.444 e. The molecule has 22 heteroatoms. The zero-order chi connectivity index (χ0) is 16.2. The van der Waals surface area contributed by atoms with Crippen molar-refractivity contribution in [1.29, 1.82) is 0 Å². The van der Waals surface area contributed by atoms with Gasteiger partial charge in [-0.2, -0.15) is 0 Å². The van der Waals surface area contributed by atoms with E-state index in [-0.39, 0.29) is 165 Å². The summed E-state index contributed by atoms with van der Waals surface area (Å²) in [5.74, 6) is 0. The first-order valence-corrected chi connectivity index (χ1v) is 2.19. The van der Waals surface area contributed by atoms with Gasteiger partial charge in [0.2, 0.25) is 0 Å². The molecule has 0 spiro atoms. The summed E-state index contributed by atoms with van der Waals surface area (Å²) in [6.45, 7) is 0. The molecule has 0 aliphatic rings. The van der Waals surface area contributed by atoms with Crippen molar-refractivity contribution in [2.45, 2.75) is 0 Å². The average Bonchev–Trinajstić information content (AvgIpc) is 2.23. The fourth-order valence-corrected chi connectivity index (χ4v) is 0. The standard InChI is InChI=1S/Cu.2K.6HNO2.Sr/c;;;6*2-1-3;/h;;;6*(H,2,3);/q+2;2*+1;;;;;;;+2/p-6. The predicted octanol–water partition coefficient (Wildman–Crippen LogP) is -4.87. The first-order valence-electron chi connectivity index (χ1n) is 2.19. The molecule has 0 heterocycles. The molecule has 0 aromatic carbocycles. The van der Waals surface area contributed by atoms with Gasteiger partial charge in [-0.05, 0) is 0 Å². The van der Waals surface area contributed by atoms with E-state index in [1.165, 1.54) is 0 Å². The fraction of sp³-hybridized carbons (Fsp3) is 0. The average molecular weight is 505 g/mol. The van der Waals surface area contributed by atoms with Gasteiger partial charge in [0.25, 0.3) is 0 Å². The predicted molar refractivity (Wildman–Crippen MR) is 60.7 cm³/mol. The van der Waals surface area contributed by atoms with Gasteiger partial charge in [-0.1, -0.05) is 0 Å². The molecule has 18 nitrogen and oxygen atoms in total. The molecule has 0 atom stereocenters. The minimum Gasteiger partial charge on any atom is -0.444 e. The minimum absolute atomic E-state index is 0. The maximum absolute atomic E-state index is 8.00. The number of nitrogens with zero attached hydrogens (tertiary/aromatic N) is 6. The van der Waals surface area contributed by atoms with Gasteiger partial charge in [0.05, 0.1) is 0 Å². The van der Waals surface area contributed by atoms with Crippen LogP contribution in [0.5, 0.6) is 0 Å². The zero-order valence-electron chi connectivity index (χ0n) is 10.6. The Kier molecular flexibility index (Phi) is 535. The second-order valence-electron chi connectivity index (χ2n) is 0.447. The number of hydrogen-bond acceptors (Lipinski definition) is 18. The summed E-state index contributed by atoms with van der Waals surface area (Å²) in [4.78, 5) is 48.0. The molecule has 0 aliphatic carbocycles. The van der Waals surface area contributed by atoms with Gasteiger partial charge in [-0.25, -0.2) is 0 Å². The van der Waals surface area contributed by atoms with Crippen molar-refractivity contribution < 1.29 is 120 Å². The van der Waals surface area contributed by atoms with Gasteiger partial charge in [-0.3, -0.25) is 0 Å². The molecule has 0 aromatic rings. The topological polar surface area (TPSA) is 315 Å². The van der Waals surface area contributed by atoms with Gasteiger partial charge in [-0.15, -0.1) is 32.0 Å². The van der Waals surface area contributed by atoms with Crippen molar-refractivity contribution in [3.8, 4) is 0 Å². The van der Waals surface area contributed by atoms with Crippen molar-refractivity contribution in [3.63, 3.8) is 0 Å². The van der Waals surface area contributed by atoms with Crippen molar-refractivity contribution >= 4 is 45.5 Å². The molecule has 0 saturated heterocycles. The Bertz CT molecular complexity index is 129. The molecule has 0 aromatic heterocycles. The molecule has 0 aliphatic heterocycles. The van der Waals surface area contributed by atoms with Crippen molar-refractivity contribution in [3.05, 3.63) is 60.7 Å². The Balaban J connectivity index is -0.00000000947. The van der Waals surface area contributed by atoms with Crippen LogP contribution < -0.4 is 103 Å². The molecule has 0 amide bonds. The van der Waals surface area contributed by atoms with E-state index in [0.717, 1.165) is 32.0 Å². The van der Waals surface area contributed by atoms with Crippen LogP contribution in [0.2, 0.25) is 0 Å². The molecule has 0 rings (SSSR count). The Morgan fingerprint density at radius 3 is 0.409 bits per heavy atom. The molecule has 0 bridgehead atoms. The third-order valence-electron chi connectivity index (χ3n) is 0. The summed E-state index contributed by atoms with van der Waals surface area (Å²) >= 11 is 0. The van der Waals surface area contributed by atoms with Gasteiger partial charge in [0, 0.05) is 0 Å². The third kappa shape index (κ3) is 3310. The Labute approximate surface area is 252 Å². The summed E-state index contributed by atoms with van der Waals surface area (Å²) < 4.78 is 0. The second-order valence-corrected chi connectivity index (χ2v) is 0.447. The third-order valence-corrected chi connectivity index (χ3v) is 0. The van der Waals surface area contributed by atoms with Crippen LogP contribution in [0.15, 0.2) is 32.0 Å². The Morgan fingerprint density at radius 2 is 0.409 bits per heavy atom. The van der Waals surface area contributed by atoms with E-state index in [4.69, 9.17) is 60.7 Å². The van der Waals surface area contributed by atoms with E-state index in [1.54, 1.807) is 0 Å². The van der Waals surface area contributed by atoms with Crippen LogP contribution in [0.1, 0.15) is 0 Å². The first kappa shape index (κ1) is 65.1. The van der Waals surface area contributed by atoms with E-state index in [9.17, 15) is 0 Å². The van der Waals surface area contributed by atoms with Crippen LogP contribution >= 0.6 is 0 Å². The Hall–Kier alpha value is 1.67. The van der Waals surface area contributed by atoms with Crippen LogP contribution in [0.25, 0.3) is 0 Å². The molecular weight excluding hydrogens is 505 g/mol. The minimum atomic E-state index is 0. The fourth-order valence-electron chi connectivity index (χ4n) is 0. The number of hydrogen-bond donors (Lipinski definition) is 0. The van der Waals surface area contributed by atoms with Gasteiger partial charge >= 0.3 is 165 Å². The molecule has 22 heavy (non-hydrogen) atoms. The van der Waals surface area contributed by atoms with E-state index >= 15 is 0 Å². The summed E-state index contributed by atoms with van der Waals surface area (Å²) in [5, 5.41) is 54.0. The van der Waals surface area contributed by atoms with E-state index in [2.05, 4.69) is 0 Å². The quantitative estimate of drug-likeness (QED) is 0.170. The van der Waals surface area contributed by atoms with E-state index < -0.39 is 0 Å². The Morgan fingerprint density at radius 1 is 0.409 bits per heavy atom. The van der Waals surface area contributed by atoms with Crippen LogP contribution in [-0.4, -0.2) is 45.5 Å². The van der Waals surface area contributed by atoms with Gasteiger partial charge < -0.3 is 60.7 Å². The van der Waals surface area contributed by atoms with Crippen LogP contribution in [0.3, 0.4) is 0 Å². The van der Waals surface area contributed by atoms with Gasteiger partial charge in [0.1, 0.15) is 0 Å². The van der Waals surface area contributed by atoms with Crippen LogP contribution in [0, 0.1) is 60.7 Å². The molecule has 1 radical (unpaired) electrons. The molecule has 0 unspecified atom stereocenters. The molecule has 0 N–H and O–H groups in total.